The molecule has 0 aliphatic heterocycles. The number of hydrogen-bond donors (Lipinski definition) is 0. The maximum atomic E-state index is 2.57. The zero-order chi connectivity index (χ0) is 68.8. The minimum Gasteiger partial charge on any atom is -0.310 e. The highest BCUT2D eigenvalue weighted by Gasteiger charge is 2.45. The fourth-order valence-electron chi connectivity index (χ4n) is 19.9. The third kappa shape index (κ3) is 8.27. The van der Waals surface area contributed by atoms with Crippen LogP contribution in [0.25, 0.3) is 122 Å². The van der Waals surface area contributed by atoms with Crippen LogP contribution in [-0.2, 0) is 32.5 Å². The van der Waals surface area contributed by atoms with Gasteiger partial charge in [-0.15, -0.1) is 0 Å². The molecule has 0 amide bonds. The first kappa shape index (κ1) is 60.1. The van der Waals surface area contributed by atoms with E-state index in [9.17, 15) is 0 Å². The highest BCUT2D eigenvalue weighted by molar-refractivity contribution is 6.04. The SMILES string of the molecule is CC1(C)c2ccccc2-c2ccc(-c3ccc4c(c3)C(C)(C)c3cc(-c5ccc(N(c6ccc(-c7ccc8c(c7)C(C)(C)c7cc(-c9ccc%10c(c9)C(C)(C)c9ccccc9-%10)ccc7-8)cc6)c6ccc7c(c6)C(C)(C)c6cc8c(cc6-7)C(C)(C)c6ccc7ccccc7c6-8)cc5)ccc3-4)cc21. The largest absolute Gasteiger partial charge is 0.310 e. The molecule has 6 aliphatic rings. The summed E-state index contributed by atoms with van der Waals surface area (Å²) in [5.74, 6) is 0. The lowest BCUT2D eigenvalue weighted by atomic mass is 9.79. The molecule has 14 aromatic rings. The molecular formula is C100H81N. The Morgan fingerprint density at radius 1 is 0.178 bits per heavy atom. The van der Waals surface area contributed by atoms with Crippen LogP contribution in [0.1, 0.15) is 150 Å². The lowest BCUT2D eigenvalue weighted by molar-refractivity contribution is 0.652. The van der Waals surface area contributed by atoms with Gasteiger partial charge in [0.2, 0.25) is 0 Å². The molecule has 20 rings (SSSR count). The lowest BCUT2D eigenvalue weighted by Crippen LogP contribution is -2.17. The molecular weight excluding hydrogens is 1220 g/mol. The summed E-state index contributed by atoms with van der Waals surface area (Å²) >= 11 is 0. The van der Waals surface area contributed by atoms with E-state index in [0.29, 0.717) is 0 Å². The van der Waals surface area contributed by atoms with Gasteiger partial charge in [0.1, 0.15) is 0 Å². The van der Waals surface area contributed by atoms with E-state index in [1.54, 1.807) is 0 Å². The van der Waals surface area contributed by atoms with Crippen molar-refractivity contribution in [2.24, 2.45) is 0 Å². The molecule has 0 unspecified atom stereocenters. The number of anilines is 3. The van der Waals surface area contributed by atoms with Crippen LogP contribution in [0.5, 0.6) is 0 Å². The number of nitrogens with zero attached hydrogens (tertiary/aromatic N) is 1. The van der Waals surface area contributed by atoms with Gasteiger partial charge in [-0.2, -0.15) is 0 Å². The first-order valence-corrected chi connectivity index (χ1v) is 36.5. The predicted octanol–water partition coefficient (Wildman–Crippen LogP) is 26.8. The number of benzene rings is 14. The van der Waals surface area contributed by atoms with E-state index in [2.05, 4.69) is 361 Å². The monoisotopic (exact) mass is 1300 g/mol. The maximum Gasteiger partial charge on any atom is 0.0465 e. The summed E-state index contributed by atoms with van der Waals surface area (Å²) < 4.78 is 0. The Kier molecular flexibility index (Phi) is 12.2. The first-order chi connectivity index (χ1) is 48.6. The minimum atomic E-state index is -0.254. The second-order valence-corrected chi connectivity index (χ2v) is 33.2. The standard InChI is InChI=1S/C100H81N/c1-95(2)82-23-17-15-21-71(82)73-43-31-63(51-85(73)95)65-33-45-77-75-41-29-61(49-87(75)98(7,8)89(77)53-65)58-25-36-67(37-26-58)101(69-40-47-79-80-56-93-81(57-92(80)100(11,12)91(79)55-69)94-70-20-14-13-19-60(70)35-48-84(94)97(93,5)6)68-38-27-59(28-39-68)62-30-42-76-78-46-34-66(54-90(78)99(9,10)88(76)50-62)64-32-44-74-72-22-16-18-24-83(72)96(3,4)86(74)52-64/h13-57H,1-12H3. The van der Waals surface area contributed by atoms with Crippen LogP contribution in [0.15, 0.2) is 273 Å². The van der Waals surface area contributed by atoms with Crippen LogP contribution in [-0.4, -0.2) is 0 Å². The van der Waals surface area contributed by atoms with Gasteiger partial charge in [0.25, 0.3) is 0 Å². The normalized spacial score (nSPS) is 16.4. The molecule has 0 saturated heterocycles. The molecule has 0 saturated carbocycles. The Bertz CT molecular complexity index is 5730. The molecule has 1 heteroatoms. The van der Waals surface area contributed by atoms with Crippen molar-refractivity contribution >= 4 is 27.8 Å². The third-order valence-corrected chi connectivity index (χ3v) is 25.7. The summed E-state index contributed by atoms with van der Waals surface area (Å²) in [4.78, 5) is 2.49. The van der Waals surface area contributed by atoms with E-state index in [-0.39, 0.29) is 32.5 Å². The average molecular weight is 1300 g/mol. The molecule has 0 radical (unpaired) electrons. The van der Waals surface area contributed by atoms with E-state index < -0.39 is 0 Å². The smallest absolute Gasteiger partial charge is 0.0465 e. The summed E-state index contributed by atoms with van der Waals surface area (Å²) in [5.41, 5.74) is 45.4. The van der Waals surface area contributed by atoms with E-state index in [4.69, 9.17) is 0 Å². The van der Waals surface area contributed by atoms with Crippen molar-refractivity contribution in [3.63, 3.8) is 0 Å². The average Bonchev–Trinajstić information content (AvgIpc) is 1.53. The second kappa shape index (κ2) is 20.4. The topological polar surface area (TPSA) is 3.24 Å². The molecule has 0 atom stereocenters. The minimum absolute atomic E-state index is 0.0520. The zero-order valence-electron chi connectivity index (χ0n) is 59.9. The Balaban J connectivity index is 0.641. The summed E-state index contributed by atoms with van der Waals surface area (Å²) in [7, 11) is 0. The Morgan fingerprint density at radius 3 is 0.881 bits per heavy atom. The van der Waals surface area contributed by atoms with E-state index >= 15 is 0 Å². The number of rotatable bonds is 7. The summed E-state index contributed by atoms with van der Waals surface area (Å²) in [6.07, 6.45) is 0. The first-order valence-electron chi connectivity index (χ1n) is 36.5. The highest BCUT2D eigenvalue weighted by atomic mass is 15.1. The number of fused-ring (bicyclic) bond motifs is 20. The van der Waals surface area contributed by atoms with Crippen molar-refractivity contribution in [2.75, 3.05) is 4.90 Å². The molecule has 0 heterocycles. The molecule has 1 nitrogen and oxygen atoms in total. The quantitative estimate of drug-likeness (QED) is 0.154. The van der Waals surface area contributed by atoms with Crippen LogP contribution in [0.2, 0.25) is 0 Å². The fraction of sp³-hybridized carbons (Fsp3) is 0.180. The van der Waals surface area contributed by atoms with E-state index in [1.165, 1.54) is 189 Å². The second-order valence-electron chi connectivity index (χ2n) is 33.2. The summed E-state index contributed by atoms with van der Waals surface area (Å²) in [6, 6.07) is 106. The lowest BCUT2D eigenvalue weighted by Gasteiger charge is -2.28. The molecule has 14 aromatic carbocycles. The van der Waals surface area contributed by atoms with Crippen molar-refractivity contribution in [1.29, 1.82) is 0 Å². The van der Waals surface area contributed by atoms with Crippen molar-refractivity contribution in [3.8, 4) is 111 Å². The molecule has 486 valence electrons. The summed E-state index contributed by atoms with van der Waals surface area (Å²) in [6.45, 7) is 28.9. The molecule has 101 heavy (non-hydrogen) atoms. The number of hydrogen-bond acceptors (Lipinski definition) is 1. The van der Waals surface area contributed by atoms with Crippen LogP contribution in [0, 0.1) is 0 Å². The van der Waals surface area contributed by atoms with Crippen molar-refractivity contribution in [3.05, 3.63) is 340 Å². The van der Waals surface area contributed by atoms with Crippen LogP contribution >= 0.6 is 0 Å². The molecule has 0 spiro atoms. The van der Waals surface area contributed by atoms with Gasteiger partial charge in [0.05, 0.1) is 0 Å². The molecule has 0 bridgehead atoms. The molecule has 0 fully saturated rings. The van der Waals surface area contributed by atoms with Crippen LogP contribution < -0.4 is 4.90 Å². The van der Waals surface area contributed by atoms with Gasteiger partial charge in [-0.25, -0.2) is 0 Å². The predicted molar refractivity (Wildman–Crippen MR) is 426 cm³/mol. The van der Waals surface area contributed by atoms with Crippen molar-refractivity contribution in [2.45, 2.75) is 116 Å². The van der Waals surface area contributed by atoms with Gasteiger partial charge >= 0.3 is 0 Å². The molecule has 0 N–H and O–H groups in total. The van der Waals surface area contributed by atoms with E-state index in [1.807, 2.05) is 0 Å². The van der Waals surface area contributed by atoms with Gasteiger partial charge in [-0.1, -0.05) is 271 Å². The van der Waals surface area contributed by atoms with Gasteiger partial charge < -0.3 is 4.90 Å². The Morgan fingerprint density at radius 2 is 0.455 bits per heavy atom. The fourth-order valence-corrected chi connectivity index (χ4v) is 19.9. The highest BCUT2D eigenvalue weighted by Crippen LogP contribution is 2.60. The molecule has 0 aromatic heterocycles. The van der Waals surface area contributed by atoms with Crippen molar-refractivity contribution in [1.82, 2.24) is 0 Å². The third-order valence-electron chi connectivity index (χ3n) is 25.7. The van der Waals surface area contributed by atoms with Gasteiger partial charge in [0.15, 0.2) is 0 Å². The zero-order valence-corrected chi connectivity index (χ0v) is 59.9. The van der Waals surface area contributed by atoms with Crippen molar-refractivity contribution < 1.29 is 0 Å². The Labute approximate surface area is 595 Å². The van der Waals surface area contributed by atoms with Gasteiger partial charge in [0, 0.05) is 49.6 Å². The van der Waals surface area contributed by atoms with Gasteiger partial charge in [-0.05, 0) is 274 Å². The van der Waals surface area contributed by atoms with E-state index in [0.717, 1.165) is 17.1 Å². The van der Waals surface area contributed by atoms with Crippen LogP contribution in [0.3, 0.4) is 0 Å². The maximum absolute atomic E-state index is 2.57. The molecule has 6 aliphatic carbocycles. The van der Waals surface area contributed by atoms with Crippen LogP contribution in [0.4, 0.5) is 17.1 Å². The van der Waals surface area contributed by atoms with Gasteiger partial charge in [-0.3, -0.25) is 0 Å². The summed E-state index contributed by atoms with van der Waals surface area (Å²) in [5, 5.41) is 2.63. The Hall–Kier alpha value is -10.9.